The molecule has 1 aromatic carbocycles. The summed E-state index contributed by atoms with van der Waals surface area (Å²) in [4.78, 5) is 20.3. The minimum atomic E-state index is -0.255. The summed E-state index contributed by atoms with van der Waals surface area (Å²) in [6, 6.07) is 8.59. The van der Waals surface area contributed by atoms with Crippen molar-refractivity contribution in [3.63, 3.8) is 0 Å². The van der Waals surface area contributed by atoms with Crippen molar-refractivity contribution in [3.05, 3.63) is 53.5 Å². The molecule has 5 heteroatoms. The number of rotatable bonds is 4. The van der Waals surface area contributed by atoms with Crippen molar-refractivity contribution in [3.8, 4) is 0 Å². The number of nitrogen functional groups attached to an aromatic ring is 1. The van der Waals surface area contributed by atoms with Crippen molar-refractivity contribution < 1.29 is 4.79 Å². The van der Waals surface area contributed by atoms with E-state index < -0.39 is 0 Å². The van der Waals surface area contributed by atoms with Crippen LogP contribution in [0.15, 0.2) is 36.7 Å². The number of carbonyl (C=O) groups is 1. The van der Waals surface area contributed by atoms with E-state index in [1.54, 1.807) is 0 Å². The van der Waals surface area contributed by atoms with Gasteiger partial charge >= 0.3 is 0 Å². The second-order valence-electron chi connectivity index (χ2n) is 6.33. The third-order valence-electron chi connectivity index (χ3n) is 4.72. The van der Waals surface area contributed by atoms with Crippen molar-refractivity contribution >= 4 is 11.7 Å². The van der Waals surface area contributed by atoms with Crippen LogP contribution in [0.4, 0.5) is 5.82 Å². The van der Waals surface area contributed by atoms with Crippen molar-refractivity contribution in [2.75, 3.05) is 12.3 Å². The largest absolute Gasteiger partial charge is 0.382 e. The maximum Gasteiger partial charge on any atom is 0.273 e. The van der Waals surface area contributed by atoms with Gasteiger partial charge in [-0.1, -0.05) is 42.7 Å². The Balaban J connectivity index is 1.79. The highest BCUT2D eigenvalue weighted by molar-refractivity contribution is 5.96. The van der Waals surface area contributed by atoms with Gasteiger partial charge in [0.1, 0.15) is 0 Å². The standard InChI is InChI=1S/C18H22N4O/c1-13-5-4-6-14(11-13)18(7-2-3-8-18)12-22-17(23)15-16(19)21-10-9-20-15/h4-6,9-11H,2-3,7-8,12H2,1H3,(H2,19,21)(H,22,23). The first-order valence-corrected chi connectivity index (χ1v) is 8.03. The number of hydrogen-bond donors (Lipinski definition) is 2. The molecule has 3 rings (SSSR count). The molecule has 0 unspecified atom stereocenters. The molecule has 1 aliphatic carbocycles. The summed E-state index contributed by atoms with van der Waals surface area (Å²) in [6.07, 6.45) is 7.53. The van der Waals surface area contributed by atoms with E-state index in [0.29, 0.717) is 6.54 Å². The molecule has 120 valence electrons. The Morgan fingerprint density at radius 2 is 2.00 bits per heavy atom. The fourth-order valence-corrected chi connectivity index (χ4v) is 3.45. The molecule has 23 heavy (non-hydrogen) atoms. The number of aryl methyl sites for hydroxylation is 1. The topological polar surface area (TPSA) is 80.9 Å². The first-order chi connectivity index (χ1) is 11.1. The summed E-state index contributed by atoms with van der Waals surface area (Å²) in [7, 11) is 0. The van der Waals surface area contributed by atoms with Crippen molar-refractivity contribution in [2.24, 2.45) is 0 Å². The van der Waals surface area contributed by atoms with Gasteiger partial charge in [0.05, 0.1) is 0 Å². The van der Waals surface area contributed by atoms with Crippen LogP contribution in [-0.2, 0) is 5.41 Å². The van der Waals surface area contributed by atoms with E-state index in [1.165, 1.54) is 36.4 Å². The zero-order valence-electron chi connectivity index (χ0n) is 13.4. The van der Waals surface area contributed by atoms with Crippen LogP contribution in [0.3, 0.4) is 0 Å². The Morgan fingerprint density at radius 3 is 2.70 bits per heavy atom. The molecule has 0 spiro atoms. The van der Waals surface area contributed by atoms with Crippen molar-refractivity contribution in [2.45, 2.75) is 38.0 Å². The van der Waals surface area contributed by atoms with E-state index >= 15 is 0 Å². The van der Waals surface area contributed by atoms with Crippen LogP contribution in [0.2, 0.25) is 0 Å². The Morgan fingerprint density at radius 1 is 1.26 bits per heavy atom. The molecule has 3 N–H and O–H groups in total. The number of benzene rings is 1. The number of anilines is 1. The summed E-state index contributed by atoms with van der Waals surface area (Å²) in [6.45, 7) is 2.70. The van der Waals surface area contributed by atoms with Crippen LogP contribution in [0.25, 0.3) is 0 Å². The van der Waals surface area contributed by atoms with Crippen molar-refractivity contribution in [1.29, 1.82) is 0 Å². The van der Waals surface area contributed by atoms with E-state index in [4.69, 9.17) is 5.73 Å². The predicted octanol–water partition coefficient (Wildman–Crippen LogP) is 2.61. The van der Waals surface area contributed by atoms with E-state index in [1.807, 2.05) is 0 Å². The van der Waals surface area contributed by atoms with E-state index in [2.05, 4.69) is 46.5 Å². The Labute approximate surface area is 136 Å². The summed E-state index contributed by atoms with van der Waals surface area (Å²) in [5, 5.41) is 3.02. The fraction of sp³-hybridized carbons (Fsp3) is 0.389. The van der Waals surface area contributed by atoms with Gasteiger partial charge in [-0.2, -0.15) is 0 Å². The van der Waals surface area contributed by atoms with Gasteiger partial charge in [0.2, 0.25) is 0 Å². The number of nitrogens with zero attached hydrogens (tertiary/aromatic N) is 2. The molecule has 1 saturated carbocycles. The Bertz CT molecular complexity index is 708. The first-order valence-electron chi connectivity index (χ1n) is 8.03. The zero-order valence-corrected chi connectivity index (χ0v) is 13.4. The first kappa shape index (κ1) is 15.5. The predicted molar refractivity (Wildman–Crippen MR) is 90.1 cm³/mol. The molecule has 1 fully saturated rings. The van der Waals surface area contributed by atoms with Gasteiger partial charge < -0.3 is 11.1 Å². The number of aromatic nitrogens is 2. The highest BCUT2D eigenvalue weighted by atomic mass is 16.1. The summed E-state index contributed by atoms with van der Waals surface area (Å²) >= 11 is 0. The third kappa shape index (κ3) is 3.18. The van der Waals surface area contributed by atoms with Crippen LogP contribution in [0.5, 0.6) is 0 Å². The van der Waals surface area contributed by atoms with Gasteiger partial charge in [0.25, 0.3) is 5.91 Å². The number of amides is 1. The van der Waals surface area contributed by atoms with Crippen LogP contribution in [-0.4, -0.2) is 22.4 Å². The molecule has 1 amide bonds. The normalized spacial score (nSPS) is 16.2. The van der Waals surface area contributed by atoms with Crippen LogP contribution in [0, 0.1) is 6.92 Å². The lowest BCUT2D eigenvalue weighted by molar-refractivity contribution is 0.0939. The zero-order chi connectivity index (χ0) is 16.3. The maximum absolute atomic E-state index is 12.4. The molecule has 1 heterocycles. The quantitative estimate of drug-likeness (QED) is 0.909. The summed E-state index contributed by atoms with van der Waals surface area (Å²) < 4.78 is 0. The molecule has 0 aliphatic heterocycles. The monoisotopic (exact) mass is 310 g/mol. The summed E-state index contributed by atoms with van der Waals surface area (Å²) in [5.41, 5.74) is 8.50. The van der Waals surface area contributed by atoms with Crippen LogP contribution in [0.1, 0.15) is 47.3 Å². The molecule has 0 atom stereocenters. The maximum atomic E-state index is 12.4. The van der Waals surface area contributed by atoms with Crippen LogP contribution < -0.4 is 11.1 Å². The second-order valence-corrected chi connectivity index (χ2v) is 6.33. The van der Waals surface area contributed by atoms with E-state index in [0.717, 1.165) is 12.8 Å². The van der Waals surface area contributed by atoms with Gasteiger partial charge in [-0.25, -0.2) is 9.97 Å². The summed E-state index contributed by atoms with van der Waals surface area (Å²) in [5.74, 6) is -0.0874. The lowest BCUT2D eigenvalue weighted by Gasteiger charge is -2.30. The highest BCUT2D eigenvalue weighted by Crippen LogP contribution is 2.40. The molecule has 1 aromatic heterocycles. The highest BCUT2D eigenvalue weighted by Gasteiger charge is 2.36. The Kier molecular flexibility index (Phi) is 4.28. The molecule has 2 aromatic rings. The Hall–Kier alpha value is -2.43. The molecule has 1 aliphatic rings. The van der Waals surface area contributed by atoms with Crippen molar-refractivity contribution in [1.82, 2.24) is 15.3 Å². The van der Waals surface area contributed by atoms with Gasteiger partial charge in [0.15, 0.2) is 11.5 Å². The number of nitrogens with two attached hydrogens (primary N) is 1. The molecule has 0 radical (unpaired) electrons. The minimum absolute atomic E-state index is 0.0126. The van der Waals surface area contributed by atoms with Gasteiger partial charge in [-0.05, 0) is 25.3 Å². The number of nitrogens with one attached hydrogen (secondary N) is 1. The molecule has 0 bridgehead atoms. The lowest BCUT2D eigenvalue weighted by Crippen LogP contribution is -2.39. The minimum Gasteiger partial charge on any atom is -0.382 e. The second kappa shape index (κ2) is 6.36. The van der Waals surface area contributed by atoms with Crippen LogP contribution >= 0.6 is 0 Å². The fourth-order valence-electron chi connectivity index (χ4n) is 3.45. The third-order valence-corrected chi connectivity index (χ3v) is 4.72. The van der Waals surface area contributed by atoms with Gasteiger partial charge in [-0.15, -0.1) is 0 Å². The smallest absolute Gasteiger partial charge is 0.273 e. The van der Waals surface area contributed by atoms with E-state index in [-0.39, 0.29) is 22.8 Å². The SMILES string of the molecule is Cc1cccc(C2(CNC(=O)c3nccnc3N)CCCC2)c1. The molecule has 5 nitrogen and oxygen atoms in total. The molecule has 0 saturated heterocycles. The average Bonchev–Trinajstić information content (AvgIpc) is 3.03. The average molecular weight is 310 g/mol. The molecular weight excluding hydrogens is 288 g/mol. The van der Waals surface area contributed by atoms with Gasteiger partial charge in [-0.3, -0.25) is 4.79 Å². The molecular formula is C18H22N4O. The van der Waals surface area contributed by atoms with E-state index in [9.17, 15) is 4.79 Å². The van der Waals surface area contributed by atoms with Gasteiger partial charge in [0, 0.05) is 24.4 Å². The lowest BCUT2D eigenvalue weighted by atomic mass is 9.78. The number of carbonyl (C=O) groups excluding carboxylic acids is 1. The number of hydrogen-bond acceptors (Lipinski definition) is 4.